The second-order valence-electron chi connectivity index (χ2n) is 2.25. The minimum absolute atomic E-state index is 0.861. The molecule has 0 saturated heterocycles. The van der Waals surface area contributed by atoms with Crippen LogP contribution in [-0.2, 0) is 6.42 Å². The molecule has 2 rings (SSSR count). The minimum atomic E-state index is -0.861. The molecule has 1 amide bonds. The van der Waals surface area contributed by atoms with Gasteiger partial charge in [-0.05, 0) is 29.1 Å². The number of halogens is 1. The van der Waals surface area contributed by atoms with Gasteiger partial charge in [-0.3, -0.25) is 4.79 Å². The lowest BCUT2D eigenvalue weighted by molar-refractivity contribution is 0.266. The van der Waals surface area contributed by atoms with Gasteiger partial charge in [0, 0.05) is 0 Å². The first kappa shape index (κ1) is 8.08. The lowest BCUT2D eigenvalue weighted by atomic mass is 10.4. The quantitative estimate of drug-likeness (QED) is 0.475. The van der Waals surface area contributed by atoms with Gasteiger partial charge >= 0.3 is 5.37 Å². The number of fused-ring (bicyclic) bond motifs is 1. The Morgan fingerprint density at radius 3 is 2.00 bits per heavy atom. The van der Waals surface area contributed by atoms with Crippen LogP contribution in [0.4, 0.5) is 4.79 Å². The monoisotopic (exact) mass is 169 g/mol. The van der Waals surface area contributed by atoms with Crippen LogP contribution >= 0.6 is 11.6 Å². The van der Waals surface area contributed by atoms with Crippen LogP contribution in [0.2, 0.25) is 0 Å². The van der Waals surface area contributed by atoms with Crippen LogP contribution in [0.25, 0.3) is 0 Å². The Morgan fingerprint density at radius 2 is 1.73 bits per heavy atom. The Morgan fingerprint density at radius 1 is 1.36 bits per heavy atom. The number of amides is 1. The summed E-state index contributed by atoms with van der Waals surface area (Å²) in [7, 11) is 0. The summed E-state index contributed by atoms with van der Waals surface area (Å²) in [5.41, 5.74) is 7.30. The van der Waals surface area contributed by atoms with E-state index in [1.54, 1.807) is 0 Å². The maximum atomic E-state index is 8.99. The minimum Gasteiger partial charge on any atom is -0.356 e. The van der Waals surface area contributed by atoms with Crippen molar-refractivity contribution in [2.24, 2.45) is 5.73 Å². The van der Waals surface area contributed by atoms with Gasteiger partial charge in [0.25, 0.3) is 0 Å². The van der Waals surface area contributed by atoms with Crippen LogP contribution in [0.5, 0.6) is 0 Å². The van der Waals surface area contributed by atoms with E-state index >= 15 is 0 Å². The number of carbonyl (C=O) groups excluding carboxylic acids is 1. The molecule has 0 bridgehead atoms. The van der Waals surface area contributed by atoms with Crippen molar-refractivity contribution in [2.45, 2.75) is 6.42 Å². The molecule has 0 aromatic heterocycles. The van der Waals surface area contributed by atoms with Crippen LogP contribution in [-0.4, -0.2) is 5.37 Å². The van der Waals surface area contributed by atoms with E-state index in [-0.39, 0.29) is 0 Å². The van der Waals surface area contributed by atoms with Gasteiger partial charge in [-0.2, -0.15) is 0 Å². The van der Waals surface area contributed by atoms with Crippen molar-refractivity contribution in [3.05, 3.63) is 35.4 Å². The highest BCUT2D eigenvalue weighted by molar-refractivity contribution is 6.62. The van der Waals surface area contributed by atoms with Crippen LogP contribution < -0.4 is 5.73 Å². The molecule has 58 valence electrons. The molecule has 2 N–H and O–H groups in total. The second kappa shape index (κ2) is 3.39. The van der Waals surface area contributed by atoms with Gasteiger partial charge in [0.05, 0.1) is 0 Å². The first-order valence-corrected chi connectivity index (χ1v) is 3.59. The number of hydrogen-bond donors (Lipinski definition) is 1. The average Bonchev–Trinajstić information content (AvgIpc) is 2.62. The highest BCUT2D eigenvalue weighted by atomic mass is 35.5. The maximum absolute atomic E-state index is 8.99. The Labute approximate surface area is 70.0 Å². The zero-order valence-electron chi connectivity index (χ0n) is 5.88. The summed E-state index contributed by atoms with van der Waals surface area (Å²) in [6, 6.07) is 8.53. The summed E-state index contributed by atoms with van der Waals surface area (Å²) >= 11 is 4.41. The van der Waals surface area contributed by atoms with Crippen LogP contribution in [0, 0.1) is 0 Å². The molecule has 0 spiro atoms. The van der Waals surface area contributed by atoms with E-state index < -0.39 is 5.37 Å². The Balaban J connectivity index is 0.000000134. The van der Waals surface area contributed by atoms with Crippen LogP contribution in [0.1, 0.15) is 11.1 Å². The van der Waals surface area contributed by atoms with E-state index in [0.29, 0.717) is 0 Å². The number of primary amides is 1. The SMILES string of the molecule is NC(=O)Cl.c1ccc2c(c1)C2. The Kier molecular flexibility index (Phi) is 2.49. The standard InChI is InChI=1S/C7H6.CH2ClNO/c1-2-4-7-5-6(7)3-1;2-1(3)4/h1-4H,5H2;(H2,3,4). The lowest BCUT2D eigenvalue weighted by Gasteiger charge is -1.69. The summed E-state index contributed by atoms with van der Waals surface area (Å²) < 4.78 is 0. The fraction of sp³-hybridized carbons (Fsp3) is 0.125. The number of carbonyl (C=O) groups is 1. The number of benzene rings is 1. The third-order valence-electron chi connectivity index (χ3n) is 1.37. The first-order chi connectivity index (χ1) is 5.20. The molecule has 0 aliphatic heterocycles. The molecule has 1 aliphatic carbocycles. The summed E-state index contributed by atoms with van der Waals surface area (Å²) in [6.07, 6.45) is 1.24. The summed E-state index contributed by atoms with van der Waals surface area (Å²) in [4.78, 5) is 8.99. The highest BCUT2D eigenvalue weighted by Crippen LogP contribution is 2.25. The molecule has 0 unspecified atom stereocenters. The highest BCUT2D eigenvalue weighted by Gasteiger charge is 2.12. The van der Waals surface area contributed by atoms with Crippen molar-refractivity contribution in [2.75, 3.05) is 0 Å². The first-order valence-electron chi connectivity index (χ1n) is 3.22. The summed E-state index contributed by atoms with van der Waals surface area (Å²) in [5.74, 6) is 0. The molecule has 0 saturated carbocycles. The fourth-order valence-corrected chi connectivity index (χ4v) is 0.836. The predicted molar refractivity (Wildman–Crippen MR) is 44.7 cm³/mol. The van der Waals surface area contributed by atoms with Gasteiger partial charge in [0.1, 0.15) is 0 Å². The van der Waals surface area contributed by atoms with Crippen molar-refractivity contribution in [3.63, 3.8) is 0 Å². The van der Waals surface area contributed by atoms with Crippen molar-refractivity contribution in [1.29, 1.82) is 0 Å². The van der Waals surface area contributed by atoms with Crippen LogP contribution in [0.15, 0.2) is 24.3 Å². The van der Waals surface area contributed by atoms with E-state index in [1.807, 2.05) is 0 Å². The van der Waals surface area contributed by atoms with E-state index in [9.17, 15) is 0 Å². The Bertz CT molecular complexity index is 248. The van der Waals surface area contributed by atoms with Gasteiger partial charge in [0.2, 0.25) is 0 Å². The molecule has 0 radical (unpaired) electrons. The van der Waals surface area contributed by atoms with Crippen molar-refractivity contribution < 1.29 is 4.79 Å². The molecule has 1 aromatic rings. The number of hydrogen-bond acceptors (Lipinski definition) is 1. The Hall–Kier alpha value is -1.02. The van der Waals surface area contributed by atoms with E-state index in [2.05, 4.69) is 41.6 Å². The molecule has 1 aromatic carbocycles. The van der Waals surface area contributed by atoms with Gasteiger partial charge in [-0.15, -0.1) is 0 Å². The zero-order chi connectivity index (χ0) is 8.27. The lowest BCUT2D eigenvalue weighted by Crippen LogP contribution is -1.94. The summed E-state index contributed by atoms with van der Waals surface area (Å²) in [6.45, 7) is 0. The molecular weight excluding hydrogens is 162 g/mol. The number of nitrogens with two attached hydrogens (primary N) is 1. The molecule has 0 heterocycles. The molecule has 0 atom stereocenters. The van der Waals surface area contributed by atoms with Gasteiger partial charge < -0.3 is 5.73 Å². The third-order valence-corrected chi connectivity index (χ3v) is 1.37. The topological polar surface area (TPSA) is 43.1 Å². The normalized spacial score (nSPS) is 10.6. The smallest absolute Gasteiger partial charge is 0.311 e. The van der Waals surface area contributed by atoms with E-state index in [1.165, 1.54) is 17.5 Å². The number of rotatable bonds is 0. The van der Waals surface area contributed by atoms with Gasteiger partial charge in [-0.1, -0.05) is 24.3 Å². The van der Waals surface area contributed by atoms with Crippen molar-refractivity contribution in [1.82, 2.24) is 0 Å². The third kappa shape index (κ3) is 3.05. The predicted octanol–water partition coefficient (Wildman–Crippen LogP) is 1.89. The fourth-order valence-electron chi connectivity index (χ4n) is 0.836. The average molecular weight is 170 g/mol. The molecular formula is C8H8ClNO. The van der Waals surface area contributed by atoms with Crippen molar-refractivity contribution in [3.8, 4) is 0 Å². The van der Waals surface area contributed by atoms with Crippen LogP contribution in [0.3, 0.4) is 0 Å². The molecule has 11 heavy (non-hydrogen) atoms. The van der Waals surface area contributed by atoms with Gasteiger partial charge in [0.15, 0.2) is 0 Å². The molecule has 3 heteroatoms. The van der Waals surface area contributed by atoms with Crippen molar-refractivity contribution >= 4 is 17.0 Å². The zero-order valence-corrected chi connectivity index (χ0v) is 6.64. The molecule has 2 nitrogen and oxygen atoms in total. The van der Waals surface area contributed by atoms with E-state index in [0.717, 1.165) is 0 Å². The largest absolute Gasteiger partial charge is 0.356 e. The maximum Gasteiger partial charge on any atom is 0.311 e. The molecule has 0 fully saturated rings. The molecule has 1 aliphatic rings. The summed E-state index contributed by atoms with van der Waals surface area (Å²) in [5, 5.41) is -0.861. The van der Waals surface area contributed by atoms with E-state index in [4.69, 9.17) is 4.79 Å². The van der Waals surface area contributed by atoms with Gasteiger partial charge in [-0.25, -0.2) is 0 Å². The second-order valence-corrected chi connectivity index (χ2v) is 2.62.